The topological polar surface area (TPSA) is 99.4 Å². The van der Waals surface area contributed by atoms with E-state index in [1.807, 2.05) is 0 Å². The highest BCUT2D eigenvalue weighted by atomic mass is 16.7. The lowest BCUT2D eigenvalue weighted by Crippen LogP contribution is -2.60. The molecule has 6 heteroatoms. The molecule has 0 radical (unpaired) electrons. The van der Waals surface area contributed by atoms with Crippen molar-refractivity contribution in [3.63, 3.8) is 0 Å². The van der Waals surface area contributed by atoms with Crippen LogP contribution in [0.25, 0.3) is 0 Å². The smallest absolute Gasteiger partial charge is 0.187 e. The summed E-state index contributed by atoms with van der Waals surface area (Å²) in [5.41, 5.74) is -0.562. The van der Waals surface area contributed by atoms with Crippen LogP contribution in [0.5, 0.6) is 0 Å². The zero-order valence-electron chi connectivity index (χ0n) is 9.70. The van der Waals surface area contributed by atoms with Crippen molar-refractivity contribution in [2.45, 2.75) is 57.1 Å². The average molecular weight is 236 g/mol. The molecule has 0 aromatic heterocycles. The molecular weight excluding hydrogens is 216 g/mol. The molecule has 1 rings (SSSR count). The summed E-state index contributed by atoms with van der Waals surface area (Å²) in [4.78, 5) is 0. The van der Waals surface area contributed by atoms with Gasteiger partial charge in [-0.15, -0.1) is 0 Å². The third-order valence-corrected chi connectivity index (χ3v) is 2.32. The van der Waals surface area contributed by atoms with Gasteiger partial charge in [0.2, 0.25) is 0 Å². The van der Waals surface area contributed by atoms with Crippen molar-refractivity contribution in [3.05, 3.63) is 0 Å². The SMILES string of the molecule is CC(C)(C)O[C@H]1O[C@H](CO)[C@H](O)[C@H](O)[C@H]1O. The molecule has 1 aliphatic heterocycles. The Labute approximate surface area is 94.4 Å². The van der Waals surface area contributed by atoms with Gasteiger partial charge in [-0.05, 0) is 20.8 Å². The van der Waals surface area contributed by atoms with E-state index in [0.717, 1.165) is 0 Å². The summed E-state index contributed by atoms with van der Waals surface area (Å²) in [5.74, 6) is 0. The Kier molecular flexibility index (Phi) is 4.28. The van der Waals surface area contributed by atoms with Gasteiger partial charge < -0.3 is 29.9 Å². The monoisotopic (exact) mass is 236 g/mol. The van der Waals surface area contributed by atoms with Crippen LogP contribution in [-0.4, -0.2) is 63.3 Å². The van der Waals surface area contributed by atoms with Crippen molar-refractivity contribution in [1.82, 2.24) is 0 Å². The molecule has 0 aromatic rings. The lowest BCUT2D eigenvalue weighted by molar-refractivity contribution is -0.320. The highest BCUT2D eigenvalue weighted by molar-refractivity contribution is 4.89. The maximum absolute atomic E-state index is 9.64. The van der Waals surface area contributed by atoms with E-state index in [2.05, 4.69) is 0 Å². The molecule has 0 unspecified atom stereocenters. The maximum Gasteiger partial charge on any atom is 0.187 e. The summed E-state index contributed by atoms with van der Waals surface area (Å²) in [6, 6.07) is 0. The van der Waals surface area contributed by atoms with Crippen LogP contribution in [0.3, 0.4) is 0 Å². The molecule has 4 N–H and O–H groups in total. The van der Waals surface area contributed by atoms with Gasteiger partial charge in [0.25, 0.3) is 0 Å². The first-order chi connectivity index (χ1) is 7.26. The fourth-order valence-corrected chi connectivity index (χ4v) is 1.51. The van der Waals surface area contributed by atoms with Crippen molar-refractivity contribution >= 4 is 0 Å². The summed E-state index contributed by atoms with van der Waals surface area (Å²) in [7, 11) is 0. The van der Waals surface area contributed by atoms with Gasteiger partial charge in [-0.25, -0.2) is 0 Å². The highest BCUT2D eigenvalue weighted by Crippen LogP contribution is 2.25. The van der Waals surface area contributed by atoms with Gasteiger partial charge in [0.05, 0.1) is 12.2 Å². The molecule has 0 spiro atoms. The third kappa shape index (κ3) is 3.13. The van der Waals surface area contributed by atoms with E-state index < -0.39 is 42.9 Å². The van der Waals surface area contributed by atoms with Crippen LogP contribution in [0.1, 0.15) is 20.8 Å². The molecule has 0 amide bonds. The Morgan fingerprint density at radius 2 is 1.62 bits per heavy atom. The van der Waals surface area contributed by atoms with Crippen LogP contribution < -0.4 is 0 Å². The molecule has 0 aromatic carbocycles. The Balaban J connectivity index is 2.71. The van der Waals surface area contributed by atoms with E-state index in [0.29, 0.717) is 0 Å². The average Bonchev–Trinajstić information content (AvgIpc) is 2.17. The van der Waals surface area contributed by atoms with E-state index >= 15 is 0 Å². The predicted molar refractivity (Wildman–Crippen MR) is 54.6 cm³/mol. The zero-order valence-corrected chi connectivity index (χ0v) is 9.70. The Bertz CT molecular complexity index is 224. The third-order valence-electron chi connectivity index (χ3n) is 2.32. The second-order valence-corrected chi connectivity index (χ2v) is 4.93. The molecule has 5 atom stereocenters. The number of hydrogen-bond donors (Lipinski definition) is 4. The number of aliphatic hydroxyl groups excluding tert-OH is 4. The fraction of sp³-hybridized carbons (Fsp3) is 1.00. The van der Waals surface area contributed by atoms with Gasteiger partial charge in [0.1, 0.15) is 24.4 Å². The van der Waals surface area contributed by atoms with E-state index in [-0.39, 0.29) is 0 Å². The lowest BCUT2D eigenvalue weighted by atomic mass is 9.99. The molecule has 1 heterocycles. The predicted octanol–water partition coefficient (Wildman–Crippen LogP) is -1.40. The van der Waals surface area contributed by atoms with Crippen molar-refractivity contribution in [2.75, 3.05) is 6.61 Å². The number of ether oxygens (including phenoxy) is 2. The highest BCUT2D eigenvalue weighted by Gasteiger charge is 2.45. The first kappa shape index (κ1) is 13.8. The summed E-state index contributed by atoms with van der Waals surface area (Å²) >= 11 is 0. The molecule has 1 fully saturated rings. The van der Waals surface area contributed by atoms with E-state index in [1.165, 1.54) is 0 Å². The molecule has 1 aliphatic rings. The second-order valence-electron chi connectivity index (χ2n) is 4.93. The molecule has 0 aliphatic carbocycles. The van der Waals surface area contributed by atoms with Gasteiger partial charge in [-0.1, -0.05) is 0 Å². The van der Waals surface area contributed by atoms with Crippen LogP contribution in [0.2, 0.25) is 0 Å². The molecule has 1 saturated heterocycles. The maximum atomic E-state index is 9.64. The summed E-state index contributed by atoms with van der Waals surface area (Å²) in [6.07, 6.45) is -6.06. The first-order valence-corrected chi connectivity index (χ1v) is 5.24. The number of aliphatic hydroxyl groups is 4. The normalized spacial score (nSPS) is 41.1. The molecular formula is C10H20O6. The molecule has 0 saturated carbocycles. The van der Waals surface area contributed by atoms with Gasteiger partial charge in [0, 0.05) is 0 Å². The van der Waals surface area contributed by atoms with Crippen LogP contribution in [-0.2, 0) is 9.47 Å². The van der Waals surface area contributed by atoms with Crippen LogP contribution in [0, 0.1) is 0 Å². The number of hydrogen-bond acceptors (Lipinski definition) is 6. The zero-order chi connectivity index (χ0) is 12.5. The minimum Gasteiger partial charge on any atom is -0.394 e. The summed E-state index contributed by atoms with van der Waals surface area (Å²) in [6.45, 7) is 4.87. The van der Waals surface area contributed by atoms with E-state index in [1.54, 1.807) is 20.8 Å². The minimum absolute atomic E-state index is 0.449. The molecule has 96 valence electrons. The second kappa shape index (κ2) is 4.95. The fourth-order valence-electron chi connectivity index (χ4n) is 1.51. The Hall–Kier alpha value is -0.240. The van der Waals surface area contributed by atoms with E-state index in [4.69, 9.17) is 14.6 Å². The van der Waals surface area contributed by atoms with Gasteiger partial charge in [-0.3, -0.25) is 0 Å². The largest absolute Gasteiger partial charge is 0.394 e. The standard InChI is InChI=1S/C10H20O6/c1-10(2,3)16-9-8(14)7(13)6(12)5(4-11)15-9/h5-9,11-14H,4H2,1-3H3/t5-,6+,7+,8-,9-/m1/s1. The Morgan fingerprint density at radius 1 is 1.06 bits per heavy atom. The quantitative estimate of drug-likeness (QED) is 0.471. The van der Waals surface area contributed by atoms with Crippen LogP contribution >= 0.6 is 0 Å². The van der Waals surface area contributed by atoms with Crippen molar-refractivity contribution < 1.29 is 29.9 Å². The molecule has 6 nitrogen and oxygen atoms in total. The summed E-state index contributed by atoms with van der Waals surface area (Å²) in [5, 5.41) is 37.6. The lowest BCUT2D eigenvalue weighted by Gasteiger charge is -2.41. The van der Waals surface area contributed by atoms with Crippen molar-refractivity contribution in [2.24, 2.45) is 0 Å². The molecule has 0 bridgehead atoms. The van der Waals surface area contributed by atoms with Gasteiger partial charge in [-0.2, -0.15) is 0 Å². The van der Waals surface area contributed by atoms with Crippen LogP contribution in [0.4, 0.5) is 0 Å². The first-order valence-electron chi connectivity index (χ1n) is 5.24. The van der Waals surface area contributed by atoms with Crippen molar-refractivity contribution in [1.29, 1.82) is 0 Å². The van der Waals surface area contributed by atoms with Crippen LogP contribution in [0.15, 0.2) is 0 Å². The van der Waals surface area contributed by atoms with Gasteiger partial charge in [0.15, 0.2) is 6.29 Å². The van der Waals surface area contributed by atoms with Crippen molar-refractivity contribution in [3.8, 4) is 0 Å². The van der Waals surface area contributed by atoms with E-state index in [9.17, 15) is 15.3 Å². The molecule has 16 heavy (non-hydrogen) atoms. The number of rotatable bonds is 2. The van der Waals surface area contributed by atoms with Gasteiger partial charge >= 0.3 is 0 Å². The summed E-state index contributed by atoms with van der Waals surface area (Å²) < 4.78 is 10.6. The minimum atomic E-state index is -1.39. The Morgan fingerprint density at radius 3 is 2.06 bits per heavy atom.